The highest BCUT2D eigenvalue weighted by Gasteiger charge is 1.95. The number of hydrogen-bond donors (Lipinski definition) is 1. The van der Waals surface area contributed by atoms with E-state index >= 15 is 0 Å². The van der Waals surface area contributed by atoms with Crippen molar-refractivity contribution in [2.24, 2.45) is 4.99 Å². The number of benzene rings is 1. The summed E-state index contributed by atoms with van der Waals surface area (Å²) >= 11 is 0. The minimum Gasteiger partial charge on any atom is -0.388 e. The summed E-state index contributed by atoms with van der Waals surface area (Å²) in [4.78, 5) is 4.40. The molecule has 0 unspecified atom stereocenters. The van der Waals surface area contributed by atoms with E-state index in [1.54, 1.807) is 0 Å². The Bertz CT molecular complexity index is 811. The van der Waals surface area contributed by atoms with Gasteiger partial charge in [0.2, 0.25) is 0 Å². The number of nitrogens with zero attached hydrogens (tertiary/aromatic N) is 1. The van der Waals surface area contributed by atoms with Crippen molar-refractivity contribution in [3.8, 4) is 0 Å². The highest BCUT2D eigenvalue weighted by atomic mass is 14.8. The molecule has 0 radical (unpaired) electrons. The van der Waals surface area contributed by atoms with Crippen molar-refractivity contribution in [3.05, 3.63) is 102 Å². The van der Waals surface area contributed by atoms with Gasteiger partial charge in [-0.3, -0.25) is 4.99 Å². The Morgan fingerprint density at radius 2 is 1.58 bits per heavy atom. The molecule has 1 rings (SSSR count). The smallest absolute Gasteiger partial charge is 0.0395 e. The summed E-state index contributed by atoms with van der Waals surface area (Å²) < 4.78 is 0. The van der Waals surface area contributed by atoms with Crippen LogP contribution in [0.3, 0.4) is 0 Å². The predicted octanol–water partition coefficient (Wildman–Crippen LogP) is 10.0. The van der Waals surface area contributed by atoms with E-state index in [0.717, 1.165) is 28.9 Å². The van der Waals surface area contributed by atoms with Crippen molar-refractivity contribution in [1.29, 1.82) is 0 Å². The Balaban J connectivity index is -0.000000493. The summed E-state index contributed by atoms with van der Waals surface area (Å²) in [6.07, 6.45) is 13.1. The van der Waals surface area contributed by atoms with Gasteiger partial charge in [-0.15, -0.1) is 0 Å². The highest BCUT2D eigenvalue weighted by Crippen LogP contribution is 2.13. The fourth-order valence-electron chi connectivity index (χ4n) is 1.96. The zero-order valence-electron chi connectivity index (χ0n) is 23.3. The molecule has 0 amide bonds. The standard InChI is InChI=1S/C17H25N.C8H11N.C4H8.C2H6/c1-8-14(5)10-11-17(9-2)15(6)12-18-16(7)13(3)4;1-7-4-3-5-8(6-7)9-2;1-3-4-2;1-2/h9-12H,3,5,8H2,1-2,4,6-7H3;3-6,9H,1-2H3;3-4H,1-2H3;1-2H3/b11-10-,15-12+,17-9+,18-16?;;4-3-;. The third kappa shape index (κ3) is 20.8. The molecule has 1 aromatic carbocycles. The average molecular weight is 451 g/mol. The van der Waals surface area contributed by atoms with E-state index in [1.165, 1.54) is 16.8 Å². The van der Waals surface area contributed by atoms with Crippen molar-refractivity contribution in [2.75, 3.05) is 12.4 Å². The molecule has 184 valence electrons. The lowest BCUT2D eigenvalue weighted by Gasteiger charge is -2.02. The molecule has 0 spiro atoms. The Kier molecular flexibility index (Phi) is 25.0. The monoisotopic (exact) mass is 450 g/mol. The van der Waals surface area contributed by atoms with E-state index in [9.17, 15) is 0 Å². The SMILES string of the molecule is C/C=C\C.C=C(\C=C/C(=C\C)C(/C)=C/N=C(C)C(=C)C)CC.CC.CNc1cccc(C)c1. The van der Waals surface area contributed by atoms with Crippen molar-refractivity contribution in [2.45, 2.75) is 75.7 Å². The first-order valence-corrected chi connectivity index (χ1v) is 11.9. The molecule has 0 aliphatic heterocycles. The Morgan fingerprint density at radius 1 is 1.00 bits per heavy atom. The minimum atomic E-state index is 0.965. The maximum Gasteiger partial charge on any atom is 0.0395 e. The molecular formula is C31H50N2. The second-order valence-corrected chi connectivity index (χ2v) is 7.18. The molecule has 0 fully saturated rings. The summed E-state index contributed by atoms with van der Waals surface area (Å²) in [5.74, 6) is 0. The summed E-state index contributed by atoms with van der Waals surface area (Å²) in [6, 6.07) is 8.29. The number of allylic oxidation sites excluding steroid dienone is 9. The van der Waals surface area contributed by atoms with E-state index in [0.29, 0.717) is 0 Å². The second-order valence-electron chi connectivity index (χ2n) is 7.18. The molecule has 33 heavy (non-hydrogen) atoms. The molecule has 0 aromatic heterocycles. The van der Waals surface area contributed by atoms with Gasteiger partial charge in [0.05, 0.1) is 0 Å². The Hall–Kier alpha value is -2.87. The summed E-state index contributed by atoms with van der Waals surface area (Å²) in [5.41, 5.74) is 7.87. The Labute approximate surface area is 206 Å². The molecule has 0 heterocycles. The molecule has 0 atom stereocenters. The van der Waals surface area contributed by atoms with Crippen LogP contribution in [0, 0.1) is 6.92 Å². The number of nitrogens with one attached hydrogen (secondary N) is 1. The van der Waals surface area contributed by atoms with Crippen molar-refractivity contribution in [1.82, 2.24) is 0 Å². The van der Waals surface area contributed by atoms with E-state index in [1.807, 2.05) is 86.0 Å². The van der Waals surface area contributed by atoms with Gasteiger partial charge in [-0.1, -0.05) is 82.0 Å². The molecule has 0 bridgehead atoms. The van der Waals surface area contributed by atoms with Gasteiger partial charge in [0.1, 0.15) is 0 Å². The van der Waals surface area contributed by atoms with Crippen LogP contribution in [0.15, 0.2) is 101 Å². The fraction of sp³-hybridized carbons (Fsp3) is 0.387. The number of rotatable bonds is 7. The van der Waals surface area contributed by atoms with Gasteiger partial charge < -0.3 is 5.32 Å². The molecular weight excluding hydrogens is 400 g/mol. The van der Waals surface area contributed by atoms with Crippen LogP contribution in [0.1, 0.15) is 74.3 Å². The normalized spacial score (nSPS) is 11.5. The van der Waals surface area contributed by atoms with Gasteiger partial charge in [0.25, 0.3) is 0 Å². The maximum absolute atomic E-state index is 4.40. The van der Waals surface area contributed by atoms with Crippen LogP contribution in [0.5, 0.6) is 0 Å². The maximum atomic E-state index is 4.40. The number of hydrogen-bond acceptors (Lipinski definition) is 2. The zero-order valence-corrected chi connectivity index (χ0v) is 23.3. The third-order valence-corrected chi connectivity index (χ3v) is 4.43. The van der Waals surface area contributed by atoms with Gasteiger partial charge in [0.15, 0.2) is 0 Å². The number of anilines is 1. The fourth-order valence-corrected chi connectivity index (χ4v) is 1.96. The van der Waals surface area contributed by atoms with Crippen molar-refractivity contribution >= 4 is 11.4 Å². The first-order valence-electron chi connectivity index (χ1n) is 11.9. The molecule has 1 N–H and O–H groups in total. The second kappa shape index (κ2) is 23.8. The van der Waals surface area contributed by atoms with Gasteiger partial charge in [-0.05, 0) is 89.3 Å². The molecule has 0 aliphatic carbocycles. The van der Waals surface area contributed by atoms with Gasteiger partial charge in [-0.2, -0.15) is 0 Å². The first kappa shape index (κ1) is 34.7. The van der Waals surface area contributed by atoms with Crippen LogP contribution >= 0.6 is 0 Å². The highest BCUT2D eigenvalue weighted by molar-refractivity contribution is 5.97. The summed E-state index contributed by atoms with van der Waals surface area (Å²) in [7, 11) is 1.93. The molecule has 1 aromatic rings. The van der Waals surface area contributed by atoms with Gasteiger partial charge in [0, 0.05) is 24.6 Å². The molecule has 2 nitrogen and oxygen atoms in total. The molecule has 0 saturated carbocycles. The van der Waals surface area contributed by atoms with Crippen LogP contribution in [-0.4, -0.2) is 12.8 Å². The topological polar surface area (TPSA) is 24.4 Å². The van der Waals surface area contributed by atoms with E-state index in [-0.39, 0.29) is 0 Å². The first-order chi connectivity index (χ1) is 15.7. The lowest BCUT2D eigenvalue weighted by molar-refractivity contribution is 1.16. The van der Waals surface area contributed by atoms with Crippen LogP contribution in [0.4, 0.5) is 5.69 Å². The average Bonchev–Trinajstić information content (AvgIpc) is 2.84. The largest absolute Gasteiger partial charge is 0.388 e. The van der Waals surface area contributed by atoms with Crippen LogP contribution in [0.25, 0.3) is 0 Å². The van der Waals surface area contributed by atoms with E-state index in [2.05, 4.69) is 74.6 Å². The van der Waals surface area contributed by atoms with Gasteiger partial charge >= 0.3 is 0 Å². The molecule has 0 aliphatic rings. The summed E-state index contributed by atoms with van der Waals surface area (Å²) in [6.45, 7) is 28.0. The number of aryl methyl sites for hydroxylation is 1. The van der Waals surface area contributed by atoms with Crippen molar-refractivity contribution < 1.29 is 0 Å². The van der Waals surface area contributed by atoms with Gasteiger partial charge in [-0.25, -0.2) is 0 Å². The summed E-state index contributed by atoms with van der Waals surface area (Å²) in [5, 5.41) is 3.07. The lowest BCUT2D eigenvalue weighted by atomic mass is 10.1. The molecule has 2 heteroatoms. The van der Waals surface area contributed by atoms with E-state index < -0.39 is 0 Å². The molecule has 0 saturated heterocycles. The number of aliphatic imine (C=N–C) groups is 1. The quantitative estimate of drug-likeness (QED) is 0.249. The minimum absolute atomic E-state index is 0.965. The Morgan fingerprint density at radius 3 is 1.94 bits per heavy atom. The lowest BCUT2D eigenvalue weighted by Crippen LogP contribution is -1.90. The zero-order chi connectivity index (χ0) is 26.2. The van der Waals surface area contributed by atoms with Crippen LogP contribution in [0.2, 0.25) is 0 Å². The van der Waals surface area contributed by atoms with Crippen LogP contribution < -0.4 is 5.32 Å². The predicted molar refractivity (Wildman–Crippen MR) is 157 cm³/mol. The van der Waals surface area contributed by atoms with Crippen LogP contribution in [-0.2, 0) is 0 Å². The van der Waals surface area contributed by atoms with E-state index in [4.69, 9.17) is 0 Å². The van der Waals surface area contributed by atoms with Crippen molar-refractivity contribution in [3.63, 3.8) is 0 Å². The third-order valence-electron chi connectivity index (χ3n) is 4.43.